The molecule has 8 heteroatoms. The fraction of sp³-hybridized carbons (Fsp3) is 0.312. The van der Waals surface area contributed by atoms with Crippen LogP contribution in [0.3, 0.4) is 0 Å². The Balaban J connectivity index is 1.52. The summed E-state index contributed by atoms with van der Waals surface area (Å²) in [5.41, 5.74) is 6.06. The average Bonchev–Trinajstić information content (AvgIpc) is 3.60. The van der Waals surface area contributed by atoms with Crippen LogP contribution < -0.4 is 4.74 Å². The number of carbonyl (C=O) groups is 1. The normalized spacial score (nSPS) is 19.6. The Labute approximate surface area is 235 Å². The van der Waals surface area contributed by atoms with E-state index >= 15 is 0 Å². The number of fused-ring (bicyclic) bond motifs is 1. The number of aryl methyl sites for hydroxylation is 1. The fourth-order valence-corrected chi connectivity index (χ4v) is 7.43. The van der Waals surface area contributed by atoms with E-state index in [9.17, 15) is 13.2 Å². The topological polar surface area (TPSA) is 81.5 Å². The molecule has 2 atom stereocenters. The Hall–Kier alpha value is -3.91. The van der Waals surface area contributed by atoms with Gasteiger partial charge in [-0.05, 0) is 43.0 Å². The third-order valence-electron chi connectivity index (χ3n) is 7.74. The summed E-state index contributed by atoms with van der Waals surface area (Å²) in [5.74, 6) is 0.756. The number of aromatic nitrogens is 2. The second-order valence-corrected chi connectivity index (χ2v) is 12.9. The van der Waals surface area contributed by atoms with Crippen LogP contribution in [0.1, 0.15) is 64.6 Å². The van der Waals surface area contributed by atoms with Crippen LogP contribution in [0, 0.1) is 6.92 Å². The number of benzene rings is 3. The molecule has 0 N–H and O–H groups in total. The Bertz CT molecular complexity index is 1630. The van der Waals surface area contributed by atoms with Gasteiger partial charge in [-0.15, -0.1) is 0 Å². The molecule has 4 aromatic rings. The van der Waals surface area contributed by atoms with Crippen molar-refractivity contribution in [2.45, 2.75) is 45.3 Å². The molecule has 0 aliphatic carbocycles. The van der Waals surface area contributed by atoms with Gasteiger partial charge in [-0.25, -0.2) is 8.42 Å². The first-order valence-corrected chi connectivity index (χ1v) is 15.6. The Morgan fingerprint density at radius 2 is 1.70 bits per heavy atom. The molecule has 2 aliphatic rings. The second-order valence-electron chi connectivity index (χ2n) is 10.7. The number of rotatable bonds is 8. The van der Waals surface area contributed by atoms with Gasteiger partial charge in [-0.1, -0.05) is 79.2 Å². The molecule has 0 saturated carbocycles. The molecule has 2 unspecified atom stereocenters. The van der Waals surface area contributed by atoms with E-state index in [2.05, 4.69) is 6.92 Å². The van der Waals surface area contributed by atoms with Crippen molar-refractivity contribution in [1.82, 2.24) is 14.7 Å². The minimum Gasteiger partial charge on any atom is -0.494 e. The molecular weight excluding hydrogens is 522 g/mol. The first-order chi connectivity index (χ1) is 19.3. The summed E-state index contributed by atoms with van der Waals surface area (Å²) < 4.78 is 32.5. The van der Waals surface area contributed by atoms with Gasteiger partial charge in [0.05, 0.1) is 35.9 Å². The van der Waals surface area contributed by atoms with Crippen LogP contribution in [0.25, 0.3) is 11.3 Å². The molecule has 1 saturated heterocycles. The summed E-state index contributed by atoms with van der Waals surface area (Å²) in [4.78, 5) is 16.2. The number of ether oxygens (including phenoxy) is 1. The Morgan fingerprint density at radius 1 is 0.975 bits per heavy atom. The molecule has 40 heavy (non-hydrogen) atoms. The first-order valence-electron chi connectivity index (χ1n) is 13.8. The van der Waals surface area contributed by atoms with Gasteiger partial charge in [0.25, 0.3) is 5.91 Å². The molecule has 0 bridgehead atoms. The second kappa shape index (κ2) is 10.6. The minimum absolute atomic E-state index is 0.00540. The smallest absolute Gasteiger partial charge is 0.273 e. The number of sulfone groups is 1. The van der Waals surface area contributed by atoms with Crippen LogP contribution in [0.5, 0.6) is 5.75 Å². The van der Waals surface area contributed by atoms with Gasteiger partial charge in [0.15, 0.2) is 9.84 Å². The maximum absolute atomic E-state index is 14.3. The third-order valence-corrected chi connectivity index (χ3v) is 9.49. The van der Waals surface area contributed by atoms with Gasteiger partial charge in [0.2, 0.25) is 0 Å². The zero-order valence-corrected chi connectivity index (χ0v) is 23.6. The summed E-state index contributed by atoms with van der Waals surface area (Å²) in [7, 11) is -3.18. The third kappa shape index (κ3) is 4.92. The monoisotopic (exact) mass is 555 g/mol. The number of nitrogens with zero attached hydrogens (tertiary/aromatic N) is 3. The standard InChI is InChI=1S/C32H33N3O4S/c1-3-18-39-27-15-13-25(14-16-27)30-28-29(24-11-9-22(2)10-12-24)33-35(26-17-19-40(37,38)21-26)31(28)32(36)34(30)20-23-7-5-4-6-8-23/h4-16,26,30H,3,17-21H2,1-2H3. The lowest BCUT2D eigenvalue weighted by Gasteiger charge is -2.27. The maximum atomic E-state index is 14.3. The van der Waals surface area contributed by atoms with Gasteiger partial charge in [0, 0.05) is 17.7 Å². The summed E-state index contributed by atoms with van der Waals surface area (Å²) in [6.45, 7) is 5.16. The molecule has 1 fully saturated rings. The van der Waals surface area contributed by atoms with Crippen molar-refractivity contribution < 1.29 is 17.9 Å². The molecule has 206 valence electrons. The zero-order valence-electron chi connectivity index (χ0n) is 22.8. The number of carbonyl (C=O) groups excluding carboxylic acids is 1. The molecule has 3 heterocycles. The molecule has 6 rings (SSSR count). The van der Waals surface area contributed by atoms with Crippen LogP contribution >= 0.6 is 0 Å². The van der Waals surface area contributed by atoms with Crippen LogP contribution in [0.4, 0.5) is 0 Å². The highest BCUT2D eigenvalue weighted by Crippen LogP contribution is 2.46. The van der Waals surface area contributed by atoms with E-state index in [1.54, 1.807) is 4.68 Å². The highest BCUT2D eigenvalue weighted by atomic mass is 32.2. The largest absolute Gasteiger partial charge is 0.494 e. The number of hydrogen-bond acceptors (Lipinski definition) is 5. The maximum Gasteiger partial charge on any atom is 0.273 e. The number of amides is 1. The van der Waals surface area contributed by atoms with Gasteiger partial charge < -0.3 is 9.64 Å². The lowest BCUT2D eigenvalue weighted by Crippen LogP contribution is -2.30. The van der Waals surface area contributed by atoms with Crippen molar-refractivity contribution in [3.63, 3.8) is 0 Å². The van der Waals surface area contributed by atoms with Gasteiger partial charge in [-0.2, -0.15) is 5.10 Å². The summed E-state index contributed by atoms with van der Waals surface area (Å²) in [6, 6.07) is 25.3. The van der Waals surface area contributed by atoms with Crippen molar-refractivity contribution in [3.05, 3.63) is 107 Å². The van der Waals surface area contributed by atoms with Gasteiger partial charge in [-0.3, -0.25) is 9.48 Å². The quantitative estimate of drug-likeness (QED) is 0.276. The van der Waals surface area contributed by atoms with E-state index in [1.807, 2.05) is 90.7 Å². The Morgan fingerprint density at radius 3 is 2.35 bits per heavy atom. The van der Waals surface area contributed by atoms with Crippen LogP contribution in [0.15, 0.2) is 78.9 Å². The molecule has 3 aromatic carbocycles. The summed E-state index contributed by atoms with van der Waals surface area (Å²) in [5, 5.41) is 4.99. The van der Waals surface area contributed by atoms with E-state index in [1.165, 1.54) is 0 Å². The summed E-state index contributed by atoms with van der Waals surface area (Å²) in [6.07, 6.45) is 1.37. The van der Waals surface area contributed by atoms with Crippen molar-refractivity contribution >= 4 is 15.7 Å². The van der Waals surface area contributed by atoms with E-state index < -0.39 is 9.84 Å². The molecular formula is C32H33N3O4S. The fourth-order valence-electron chi connectivity index (χ4n) is 5.74. The Kier molecular flexibility index (Phi) is 6.96. The molecule has 1 aromatic heterocycles. The lowest BCUT2D eigenvalue weighted by atomic mass is 9.95. The molecule has 0 spiro atoms. The lowest BCUT2D eigenvalue weighted by molar-refractivity contribution is 0.0722. The number of hydrogen-bond donors (Lipinski definition) is 0. The zero-order chi connectivity index (χ0) is 27.9. The van der Waals surface area contributed by atoms with E-state index in [-0.39, 0.29) is 29.5 Å². The average molecular weight is 556 g/mol. The van der Waals surface area contributed by atoms with Crippen molar-refractivity contribution in [1.29, 1.82) is 0 Å². The first kappa shape index (κ1) is 26.3. The minimum atomic E-state index is -3.18. The van der Waals surface area contributed by atoms with Gasteiger partial charge >= 0.3 is 0 Å². The van der Waals surface area contributed by atoms with Gasteiger partial charge in [0.1, 0.15) is 11.4 Å². The SMILES string of the molecule is CCCOc1ccc(C2c3c(-c4ccc(C)cc4)nn(C4CCS(=O)(=O)C4)c3C(=O)N2Cc2ccccc2)cc1. The molecule has 7 nitrogen and oxygen atoms in total. The van der Waals surface area contributed by atoms with Crippen molar-refractivity contribution in [2.24, 2.45) is 0 Å². The van der Waals surface area contributed by atoms with E-state index in [0.29, 0.717) is 25.3 Å². The van der Waals surface area contributed by atoms with Crippen molar-refractivity contribution in [2.75, 3.05) is 18.1 Å². The van der Waals surface area contributed by atoms with E-state index in [0.717, 1.165) is 45.7 Å². The molecule has 2 aliphatic heterocycles. The predicted octanol–water partition coefficient (Wildman–Crippen LogP) is 5.75. The predicted molar refractivity (Wildman–Crippen MR) is 155 cm³/mol. The molecule has 0 radical (unpaired) electrons. The molecule has 1 amide bonds. The highest BCUT2D eigenvalue weighted by molar-refractivity contribution is 7.91. The van der Waals surface area contributed by atoms with Crippen LogP contribution in [-0.4, -0.2) is 47.1 Å². The highest BCUT2D eigenvalue weighted by Gasteiger charge is 2.46. The van der Waals surface area contributed by atoms with Crippen molar-refractivity contribution in [3.8, 4) is 17.0 Å². The van der Waals surface area contributed by atoms with E-state index in [4.69, 9.17) is 9.84 Å². The van der Waals surface area contributed by atoms with Crippen LogP contribution in [0.2, 0.25) is 0 Å². The summed E-state index contributed by atoms with van der Waals surface area (Å²) >= 11 is 0. The van der Waals surface area contributed by atoms with Crippen LogP contribution in [-0.2, 0) is 16.4 Å².